The molecule has 0 aromatic heterocycles. The van der Waals surface area contributed by atoms with Crippen molar-refractivity contribution in [3.05, 3.63) is 23.8 Å². The highest BCUT2D eigenvalue weighted by Crippen LogP contribution is 2.51. The fourth-order valence-electron chi connectivity index (χ4n) is 2.79. The molecule has 0 radical (unpaired) electrons. The molecule has 1 unspecified atom stereocenters. The standard InChI is InChI=1S/C13H17NO3/c1-16-10-4-2-3-9-11(10)17-13(12(9)15)5-7-14-8-6-13/h2-4,12,14-15H,5-8H2,1H3. The minimum atomic E-state index is -0.547. The second kappa shape index (κ2) is 3.89. The van der Waals surface area contributed by atoms with Gasteiger partial charge in [-0.1, -0.05) is 12.1 Å². The third kappa shape index (κ3) is 1.51. The number of para-hydroxylation sites is 1. The highest BCUT2D eigenvalue weighted by molar-refractivity contribution is 5.52. The van der Waals surface area contributed by atoms with Crippen LogP contribution in [-0.4, -0.2) is 30.9 Å². The van der Waals surface area contributed by atoms with Crippen LogP contribution in [0.5, 0.6) is 11.5 Å². The van der Waals surface area contributed by atoms with Crippen LogP contribution < -0.4 is 14.8 Å². The Balaban J connectivity index is 2.01. The molecule has 2 aliphatic rings. The van der Waals surface area contributed by atoms with Gasteiger partial charge in [-0.3, -0.25) is 0 Å². The second-order valence-corrected chi connectivity index (χ2v) is 4.70. The molecule has 1 atom stereocenters. The van der Waals surface area contributed by atoms with E-state index >= 15 is 0 Å². The number of nitrogens with one attached hydrogen (secondary N) is 1. The van der Waals surface area contributed by atoms with Crippen LogP contribution in [0.15, 0.2) is 18.2 Å². The van der Waals surface area contributed by atoms with Crippen molar-refractivity contribution in [1.29, 1.82) is 0 Å². The molecule has 1 fully saturated rings. The average Bonchev–Trinajstić information content (AvgIpc) is 2.64. The lowest BCUT2D eigenvalue weighted by Gasteiger charge is -2.35. The number of piperidine rings is 1. The third-order valence-corrected chi connectivity index (χ3v) is 3.78. The van der Waals surface area contributed by atoms with Crippen molar-refractivity contribution in [2.24, 2.45) is 0 Å². The summed E-state index contributed by atoms with van der Waals surface area (Å²) in [5.74, 6) is 1.42. The van der Waals surface area contributed by atoms with E-state index in [-0.39, 0.29) is 0 Å². The summed E-state index contributed by atoms with van der Waals surface area (Å²) >= 11 is 0. The fourth-order valence-corrected chi connectivity index (χ4v) is 2.79. The molecule has 0 saturated carbocycles. The normalized spacial score (nSPS) is 25.4. The van der Waals surface area contributed by atoms with Gasteiger partial charge in [0.1, 0.15) is 11.7 Å². The Kier molecular flexibility index (Phi) is 2.49. The van der Waals surface area contributed by atoms with Gasteiger partial charge in [0.2, 0.25) is 0 Å². The zero-order chi connectivity index (χ0) is 11.9. The molecule has 0 amide bonds. The van der Waals surface area contributed by atoms with E-state index in [2.05, 4.69) is 5.32 Å². The van der Waals surface area contributed by atoms with E-state index in [0.717, 1.165) is 31.5 Å². The number of methoxy groups -OCH3 is 1. The van der Waals surface area contributed by atoms with E-state index in [1.165, 1.54) is 0 Å². The molecule has 1 spiro atoms. The predicted molar refractivity (Wildman–Crippen MR) is 63.4 cm³/mol. The molecule has 0 aliphatic carbocycles. The summed E-state index contributed by atoms with van der Waals surface area (Å²) in [6, 6.07) is 5.68. The minimum absolute atomic E-state index is 0.456. The summed E-state index contributed by atoms with van der Waals surface area (Å²) in [6.07, 6.45) is 1.10. The molecule has 4 heteroatoms. The Morgan fingerprint density at radius 2 is 2.18 bits per heavy atom. The highest BCUT2D eigenvalue weighted by atomic mass is 16.5. The quantitative estimate of drug-likeness (QED) is 0.769. The average molecular weight is 235 g/mol. The van der Waals surface area contributed by atoms with E-state index < -0.39 is 11.7 Å². The first-order valence-electron chi connectivity index (χ1n) is 6.01. The summed E-state index contributed by atoms with van der Waals surface area (Å²) in [5, 5.41) is 13.8. The van der Waals surface area contributed by atoms with Crippen LogP contribution in [0.1, 0.15) is 24.5 Å². The molecule has 1 aromatic rings. The van der Waals surface area contributed by atoms with Gasteiger partial charge >= 0.3 is 0 Å². The maximum absolute atomic E-state index is 10.5. The Morgan fingerprint density at radius 1 is 1.41 bits per heavy atom. The lowest BCUT2D eigenvalue weighted by atomic mass is 9.85. The monoisotopic (exact) mass is 235 g/mol. The predicted octanol–water partition coefficient (Wildman–Crippen LogP) is 1.24. The number of fused-ring (bicyclic) bond motifs is 1. The van der Waals surface area contributed by atoms with Crippen LogP contribution >= 0.6 is 0 Å². The second-order valence-electron chi connectivity index (χ2n) is 4.70. The van der Waals surface area contributed by atoms with Crippen molar-refractivity contribution in [2.45, 2.75) is 24.5 Å². The molecular weight excluding hydrogens is 218 g/mol. The van der Waals surface area contributed by atoms with E-state index in [0.29, 0.717) is 11.5 Å². The molecule has 17 heavy (non-hydrogen) atoms. The Hall–Kier alpha value is -1.26. The first-order chi connectivity index (χ1) is 8.27. The van der Waals surface area contributed by atoms with Crippen LogP contribution in [0.4, 0.5) is 0 Å². The molecular formula is C13H17NO3. The van der Waals surface area contributed by atoms with E-state index in [1.807, 2.05) is 18.2 Å². The zero-order valence-electron chi connectivity index (χ0n) is 9.90. The molecule has 2 aliphatic heterocycles. The summed E-state index contributed by atoms with van der Waals surface area (Å²) in [7, 11) is 1.62. The number of aliphatic hydroxyl groups is 1. The molecule has 92 valence electrons. The number of ether oxygens (including phenoxy) is 2. The minimum Gasteiger partial charge on any atom is -0.493 e. The van der Waals surface area contributed by atoms with Crippen molar-refractivity contribution < 1.29 is 14.6 Å². The van der Waals surface area contributed by atoms with Crippen molar-refractivity contribution in [1.82, 2.24) is 5.32 Å². The molecule has 1 saturated heterocycles. The van der Waals surface area contributed by atoms with E-state index in [9.17, 15) is 5.11 Å². The van der Waals surface area contributed by atoms with Crippen LogP contribution in [-0.2, 0) is 0 Å². The van der Waals surface area contributed by atoms with Crippen molar-refractivity contribution in [3.8, 4) is 11.5 Å². The lowest BCUT2D eigenvalue weighted by Crippen LogP contribution is -2.47. The van der Waals surface area contributed by atoms with Gasteiger partial charge in [-0.15, -0.1) is 0 Å². The smallest absolute Gasteiger partial charge is 0.168 e. The van der Waals surface area contributed by atoms with E-state index in [1.54, 1.807) is 7.11 Å². The highest BCUT2D eigenvalue weighted by Gasteiger charge is 2.49. The topological polar surface area (TPSA) is 50.7 Å². The van der Waals surface area contributed by atoms with Crippen LogP contribution in [0.25, 0.3) is 0 Å². The van der Waals surface area contributed by atoms with Crippen LogP contribution in [0.3, 0.4) is 0 Å². The number of rotatable bonds is 1. The van der Waals surface area contributed by atoms with E-state index in [4.69, 9.17) is 9.47 Å². The van der Waals surface area contributed by atoms with Gasteiger partial charge in [0.15, 0.2) is 11.5 Å². The molecule has 1 aromatic carbocycles. The first-order valence-corrected chi connectivity index (χ1v) is 6.01. The summed E-state index contributed by atoms with van der Waals surface area (Å²) < 4.78 is 11.3. The van der Waals surface area contributed by atoms with Crippen LogP contribution in [0.2, 0.25) is 0 Å². The van der Waals surface area contributed by atoms with Gasteiger partial charge < -0.3 is 19.9 Å². The lowest BCUT2D eigenvalue weighted by molar-refractivity contribution is -0.0491. The Morgan fingerprint density at radius 3 is 2.88 bits per heavy atom. The summed E-state index contributed by atoms with van der Waals surface area (Å²) in [5.41, 5.74) is 0.397. The Labute approximate surface area is 101 Å². The maximum atomic E-state index is 10.5. The van der Waals surface area contributed by atoms with Crippen molar-refractivity contribution in [2.75, 3.05) is 20.2 Å². The van der Waals surface area contributed by atoms with Crippen molar-refractivity contribution in [3.63, 3.8) is 0 Å². The Bertz CT molecular complexity index is 427. The first kappa shape index (κ1) is 10.9. The summed E-state index contributed by atoms with van der Waals surface area (Å²) in [6.45, 7) is 1.76. The maximum Gasteiger partial charge on any atom is 0.168 e. The number of aliphatic hydroxyl groups excluding tert-OH is 1. The van der Waals surface area contributed by atoms with Crippen LogP contribution in [0, 0.1) is 0 Å². The molecule has 2 heterocycles. The molecule has 0 bridgehead atoms. The number of hydrogen-bond acceptors (Lipinski definition) is 4. The largest absolute Gasteiger partial charge is 0.493 e. The van der Waals surface area contributed by atoms with Gasteiger partial charge in [-0.25, -0.2) is 0 Å². The zero-order valence-corrected chi connectivity index (χ0v) is 9.90. The SMILES string of the molecule is COc1cccc2c1OC1(CCNCC1)C2O. The summed E-state index contributed by atoms with van der Waals surface area (Å²) in [4.78, 5) is 0. The van der Waals surface area contributed by atoms with Gasteiger partial charge in [-0.2, -0.15) is 0 Å². The third-order valence-electron chi connectivity index (χ3n) is 3.78. The van der Waals surface area contributed by atoms with Crippen molar-refractivity contribution >= 4 is 0 Å². The van der Waals surface area contributed by atoms with Gasteiger partial charge in [0, 0.05) is 18.4 Å². The fraction of sp³-hybridized carbons (Fsp3) is 0.538. The van der Waals surface area contributed by atoms with Gasteiger partial charge in [0.25, 0.3) is 0 Å². The molecule has 4 nitrogen and oxygen atoms in total. The van der Waals surface area contributed by atoms with Gasteiger partial charge in [-0.05, 0) is 19.2 Å². The molecule has 2 N–H and O–H groups in total. The number of hydrogen-bond donors (Lipinski definition) is 2. The molecule has 3 rings (SSSR count). The number of benzene rings is 1. The van der Waals surface area contributed by atoms with Gasteiger partial charge in [0.05, 0.1) is 7.11 Å².